The number of hydrogen-bond donors (Lipinski definition) is 4. The lowest BCUT2D eigenvalue weighted by atomic mass is 10.1. The Morgan fingerprint density at radius 2 is 1.10 bits per heavy atom. The molecular weight excluding hydrogens is 608 g/mol. The third-order valence-electron chi connectivity index (χ3n) is 8.69. The Morgan fingerprint density at radius 3 is 1.52 bits per heavy atom. The Kier molecular flexibility index (Phi) is 12.2. The number of aryl methyl sites for hydroxylation is 2. The second kappa shape index (κ2) is 16.9. The summed E-state index contributed by atoms with van der Waals surface area (Å²) in [7, 11) is 0. The van der Waals surface area contributed by atoms with Crippen molar-refractivity contribution in [3.63, 3.8) is 0 Å². The number of nitrogens with one attached hydrogen (secondary N) is 4. The zero-order valence-corrected chi connectivity index (χ0v) is 28.5. The van der Waals surface area contributed by atoms with E-state index in [4.69, 9.17) is 9.47 Å². The van der Waals surface area contributed by atoms with Gasteiger partial charge in [0.15, 0.2) is 34.6 Å². The smallest absolute Gasteiger partial charge is 0.220 e. The van der Waals surface area contributed by atoms with Crippen LogP contribution in [-0.4, -0.2) is 55.3 Å². The number of benzene rings is 2. The van der Waals surface area contributed by atoms with Crippen LogP contribution in [-0.2, 0) is 22.4 Å². The van der Waals surface area contributed by atoms with Crippen LogP contribution in [0.4, 0.5) is 0 Å². The van der Waals surface area contributed by atoms with Crippen LogP contribution in [0.15, 0.2) is 36.4 Å². The van der Waals surface area contributed by atoms with E-state index in [2.05, 4.69) is 68.7 Å². The van der Waals surface area contributed by atoms with Crippen molar-refractivity contribution in [2.45, 2.75) is 91.9 Å². The highest BCUT2D eigenvalue weighted by Gasteiger charge is 2.22. The van der Waals surface area contributed by atoms with Crippen LogP contribution in [0.1, 0.15) is 90.7 Å². The zero-order chi connectivity index (χ0) is 33.9. The van der Waals surface area contributed by atoms with Crippen molar-refractivity contribution in [3.8, 4) is 45.8 Å². The molecule has 3 heterocycles. The average Bonchev–Trinajstić information content (AvgIpc) is 3.76. The fourth-order valence-electron chi connectivity index (χ4n) is 5.29. The molecule has 0 radical (unpaired) electrons. The van der Waals surface area contributed by atoms with Gasteiger partial charge in [0.2, 0.25) is 11.8 Å². The van der Waals surface area contributed by atoms with Gasteiger partial charge in [0.05, 0.1) is 0 Å². The van der Waals surface area contributed by atoms with Crippen molar-refractivity contribution in [1.29, 1.82) is 0 Å². The Bertz CT molecular complexity index is 1540. The van der Waals surface area contributed by atoms with Crippen molar-refractivity contribution in [2.24, 2.45) is 11.8 Å². The largest absolute Gasteiger partial charge is 0.449 e. The number of hydrogen-bond acceptors (Lipinski definition) is 8. The van der Waals surface area contributed by atoms with Gasteiger partial charge >= 0.3 is 0 Å². The normalized spacial score (nSPS) is 13.1. The zero-order valence-electron chi connectivity index (χ0n) is 28.5. The number of rotatable bonds is 18. The third-order valence-corrected chi connectivity index (χ3v) is 8.69. The quantitative estimate of drug-likeness (QED) is 0.0741. The molecular formula is C36H48N8O4. The molecule has 256 valence electrons. The summed E-state index contributed by atoms with van der Waals surface area (Å²) in [6.07, 6.45) is 8.23. The summed E-state index contributed by atoms with van der Waals surface area (Å²) in [5, 5.41) is 20.9. The molecule has 5 rings (SSSR count). The van der Waals surface area contributed by atoms with E-state index < -0.39 is 0 Å². The van der Waals surface area contributed by atoms with Crippen LogP contribution in [0.3, 0.4) is 0 Å². The maximum absolute atomic E-state index is 12.0. The number of nitrogens with zero attached hydrogens (tertiary/aromatic N) is 4. The van der Waals surface area contributed by atoms with Crippen molar-refractivity contribution in [1.82, 2.24) is 41.0 Å². The van der Waals surface area contributed by atoms with Gasteiger partial charge in [-0.1, -0.05) is 40.5 Å². The molecule has 2 unspecified atom stereocenters. The van der Waals surface area contributed by atoms with Crippen LogP contribution in [0.5, 0.6) is 23.0 Å². The van der Waals surface area contributed by atoms with E-state index in [0.29, 0.717) is 72.4 Å². The highest BCUT2D eigenvalue weighted by molar-refractivity contribution is 5.76. The van der Waals surface area contributed by atoms with Gasteiger partial charge in [0.1, 0.15) is 11.6 Å². The van der Waals surface area contributed by atoms with Crippen LogP contribution in [0.25, 0.3) is 22.8 Å². The van der Waals surface area contributed by atoms with Gasteiger partial charge in [-0.05, 0) is 73.9 Å². The Balaban J connectivity index is 1.09. The molecule has 1 aliphatic heterocycles. The Labute approximate surface area is 282 Å². The van der Waals surface area contributed by atoms with Crippen LogP contribution in [0.2, 0.25) is 0 Å². The molecule has 48 heavy (non-hydrogen) atoms. The topological polar surface area (TPSA) is 160 Å². The number of carbonyl (C=O) groups excluding carboxylic acids is 2. The maximum atomic E-state index is 12.0. The fourth-order valence-corrected chi connectivity index (χ4v) is 5.29. The van der Waals surface area contributed by atoms with E-state index in [1.807, 2.05) is 36.4 Å². The second-order valence-corrected chi connectivity index (χ2v) is 12.8. The first kappa shape index (κ1) is 34.6. The van der Waals surface area contributed by atoms with Crippen molar-refractivity contribution >= 4 is 11.8 Å². The lowest BCUT2D eigenvalue weighted by molar-refractivity contribution is -0.122. The minimum atomic E-state index is 0.121. The number of aromatic nitrogens is 6. The van der Waals surface area contributed by atoms with Crippen LogP contribution >= 0.6 is 0 Å². The molecule has 0 bridgehead atoms. The highest BCUT2D eigenvalue weighted by Crippen LogP contribution is 2.47. The van der Waals surface area contributed by atoms with Gasteiger partial charge in [-0.2, -0.15) is 10.2 Å². The molecule has 2 atom stereocenters. The summed E-state index contributed by atoms with van der Waals surface area (Å²) in [5.74, 6) is 6.22. The number of aromatic amines is 2. The summed E-state index contributed by atoms with van der Waals surface area (Å²) in [6, 6.07) is 11.3. The molecule has 12 heteroatoms. The number of ether oxygens (including phenoxy) is 2. The molecule has 4 N–H and O–H groups in total. The molecule has 12 nitrogen and oxygen atoms in total. The van der Waals surface area contributed by atoms with Gasteiger partial charge in [-0.3, -0.25) is 19.8 Å². The predicted octanol–water partition coefficient (Wildman–Crippen LogP) is 6.91. The summed E-state index contributed by atoms with van der Waals surface area (Å²) < 4.78 is 12.4. The summed E-state index contributed by atoms with van der Waals surface area (Å²) in [4.78, 5) is 33.3. The molecule has 0 saturated heterocycles. The van der Waals surface area contributed by atoms with Gasteiger partial charge in [-0.15, -0.1) is 0 Å². The molecule has 0 spiro atoms. The molecule has 4 aromatic rings. The van der Waals surface area contributed by atoms with Crippen molar-refractivity contribution in [3.05, 3.63) is 48.0 Å². The molecule has 2 aromatic carbocycles. The van der Waals surface area contributed by atoms with Crippen LogP contribution in [0, 0.1) is 11.8 Å². The minimum absolute atomic E-state index is 0.121. The maximum Gasteiger partial charge on any atom is 0.220 e. The van der Waals surface area contributed by atoms with Crippen molar-refractivity contribution in [2.75, 3.05) is 13.1 Å². The number of unbranched alkanes of at least 4 members (excludes halogenated alkanes) is 2. The highest BCUT2D eigenvalue weighted by atomic mass is 16.6. The van der Waals surface area contributed by atoms with E-state index in [0.717, 1.165) is 74.1 Å². The summed E-state index contributed by atoms with van der Waals surface area (Å²) in [5.41, 5.74) is 1.64. The third kappa shape index (κ3) is 9.65. The monoisotopic (exact) mass is 656 g/mol. The van der Waals surface area contributed by atoms with Crippen molar-refractivity contribution < 1.29 is 19.1 Å². The first-order valence-corrected chi connectivity index (χ1v) is 17.3. The van der Waals surface area contributed by atoms with E-state index in [1.165, 1.54) is 0 Å². The Hall–Kier alpha value is -4.74. The molecule has 1 aliphatic rings. The van der Waals surface area contributed by atoms with Gasteiger partial charge in [0, 0.05) is 49.9 Å². The molecule has 0 aliphatic carbocycles. The average molecular weight is 657 g/mol. The van der Waals surface area contributed by atoms with E-state index in [9.17, 15) is 9.59 Å². The fraction of sp³-hybridized carbons (Fsp3) is 0.500. The van der Waals surface area contributed by atoms with Gasteiger partial charge < -0.3 is 20.1 Å². The van der Waals surface area contributed by atoms with Crippen LogP contribution < -0.4 is 20.1 Å². The minimum Gasteiger partial charge on any atom is -0.449 e. The SMILES string of the molecule is CCC(C)CC(=O)NCCCCc1nc(-c2ccc3c(c2)Oc2ccc(-c4n[nH]c(CCCCNC(=O)CC(C)CC)n4)cc2O3)n[nH]1. The Morgan fingerprint density at radius 1 is 0.667 bits per heavy atom. The van der Waals surface area contributed by atoms with E-state index in [1.54, 1.807) is 0 Å². The number of carbonyl (C=O) groups is 2. The molecule has 0 fully saturated rings. The number of amides is 2. The first-order valence-electron chi connectivity index (χ1n) is 17.3. The van der Waals surface area contributed by atoms with Gasteiger partial charge in [-0.25, -0.2) is 9.97 Å². The molecule has 2 aromatic heterocycles. The lowest BCUT2D eigenvalue weighted by Gasteiger charge is -2.21. The summed E-state index contributed by atoms with van der Waals surface area (Å²) in [6.45, 7) is 9.73. The first-order chi connectivity index (χ1) is 23.3. The summed E-state index contributed by atoms with van der Waals surface area (Å²) >= 11 is 0. The standard InChI is InChI=1S/C36H48N8O4/c1-5-23(3)19-33(45)37-17-9-7-11-31-39-35(43-41-31)25-13-15-27-29(21-25)47-28-16-14-26(22-30(28)48-27)36-40-32(42-44-36)12-8-10-18-38-34(46)20-24(4)6-2/h13-16,21-24H,5-12,17-20H2,1-4H3,(H,37,45)(H,38,46)(H,39,41,43)(H,40,42,44). The lowest BCUT2D eigenvalue weighted by Crippen LogP contribution is -2.25. The van der Waals surface area contributed by atoms with Gasteiger partial charge in [0.25, 0.3) is 0 Å². The van der Waals surface area contributed by atoms with E-state index >= 15 is 0 Å². The number of fused-ring (bicyclic) bond motifs is 2. The molecule has 2 amide bonds. The second-order valence-electron chi connectivity index (χ2n) is 12.8. The number of H-pyrrole nitrogens is 2. The predicted molar refractivity (Wildman–Crippen MR) is 184 cm³/mol. The van der Waals surface area contributed by atoms with E-state index in [-0.39, 0.29) is 11.8 Å². The molecule has 0 saturated carbocycles.